The van der Waals surface area contributed by atoms with Crippen LogP contribution in [-0.2, 0) is 6.54 Å². The number of rotatable bonds is 7. The topological polar surface area (TPSA) is 29.3 Å². The van der Waals surface area contributed by atoms with Crippen LogP contribution in [0.5, 0.6) is 0 Å². The summed E-state index contributed by atoms with van der Waals surface area (Å²) in [5, 5.41) is 2.16. The molecule has 1 aromatic rings. The summed E-state index contributed by atoms with van der Waals surface area (Å²) in [6, 6.07) is 4.91. The van der Waals surface area contributed by atoms with Crippen molar-refractivity contribution in [2.24, 2.45) is 11.7 Å². The van der Waals surface area contributed by atoms with E-state index in [4.69, 9.17) is 5.73 Å². The summed E-state index contributed by atoms with van der Waals surface area (Å²) >= 11 is 1.85. The van der Waals surface area contributed by atoms with Crippen LogP contribution in [0.3, 0.4) is 0 Å². The van der Waals surface area contributed by atoms with Crippen molar-refractivity contribution in [3.63, 3.8) is 0 Å². The van der Waals surface area contributed by atoms with E-state index in [0.29, 0.717) is 6.04 Å². The van der Waals surface area contributed by atoms with Gasteiger partial charge in [-0.15, -0.1) is 11.3 Å². The third-order valence-corrected chi connectivity index (χ3v) is 4.95. The van der Waals surface area contributed by atoms with Gasteiger partial charge in [-0.3, -0.25) is 4.90 Å². The van der Waals surface area contributed by atoms with Gasteiger partial charge in [0.25, 0.3) is 0 Å². The molecule has 1 aromatic heterocycles. The Balaban J connectivity index is 2.10. The first-order valence-electron chi connectivity index (χ1n) is 7.04. The summed E-state index contributed by atoms with van der Waals surface area (Å²) in [5.74, 6) is 0.920. The predicted octanol–water partition coefficient (Wildman–Crippen LogP) is 3.48. The van der Waals surface area contributed by atoms with E-state index in [1.54, 1.807) is 0 Å². The summed E-state index contributed by atoms with van der Waals surface area (Å²) < 4.78 is 0. The monoisotopic (exact) mass is 266 g/mol. The molecule has 0 bridgehead atoms. The van der Waals surface area contributed by atoms with E-state index in [-0.39, 0.29) is 5.54 Å². The van der Waals surface area contributed by atoms with Crippen molar-refractivity contribution in [2.75, 3.05) is 6.54 Å². The highest BCUT2D eigenvalue weighted by Gasteiger charge is 2.38. The van der Waals surface area contributed by atoms with Gasteiger partial charge in [-0.05, 0) is 44.6 Å². The first-order chi connectivity index (χ1) is 8.55. The lowest BCUT2D eigenvalue weighted by molar-refractivity contribution is 0.0564. The first kappa shape index (κ1) is 14.0. The lowest BCUT2D eigenvalue weighted by Crippen LogP contribution is -2.54. The van der Waals surface area contributed by atoms with Crippen molar-refractivity contribution in [3.05, 3.63) is 22.4 Å². The zero-order valence-corrected chi connectivity index (χ0v) is 12.7. The minimum atomic E-state index is 0.152. The van der Waals surface area contributed by atoms with Crippen molar-refractivity contribution in [1.82, 2.24) is 4.90 Å². The van der Waals surface area contributed by atoms with Crippen LogP contribution < -0.4 is 5.73 Å². The Hall–Kier alpha value is -0.380. The number of nitrogens with zero attached hydrogens (tertiary/aromatic N) is 1. The van der Waals surface area contributed by atoms with Crippen molar-refractivity contribution < 1.29 is 0 Å². The molecule has 1 aliphatic carbocycles. The minimum Gasteiger partial charge on any atom is -0.329 e. The molecule has 0 aliphatic heterocycles. The Labute approximate surface area is 115 Å². The van der Waals surface area contributed by atoms with E-state index >= 15 is 0 Å². The molecule has 102 valence electrons. The Morgan fingerprint density at radius 2 is 2.22 bits per heavy atom. The SMILES string of the molecule is CC(C)N(Cc1cccs1)C(C)(CN)CC1CC1. The molecule has 18 heavy (non-hydrogen) atoms. The normalized spacial score (nSPS) is 19.4. The molecule has 1 heterocycles. The van der Waals surface area contributed by atoms with Crippen molar-refractivity contribution in [2.45, 2.75) is 58.2 Å². The quantitative estimate of drug-likeness (QED) is 0.818. The second-order valence-corrected chi connectivity index (χ2v) is 7.18. The summed E-state index contributed by atoms with van der Waals surface area (Å²) in [6.45, 7) is 8.71. The number of nitrogens with two attached hydrogens (primary N) is 1. The Morgan fingerprint density at radius 3 is 2.67 bits per heavy atom. The van der Waals surface area contributed by atoms with Crippen LogP contribution >= 0.6 is 11.3 Å². The second kappa shape index (κ2) is 5.72. The fourth-order valence-electron chi connectivity index (χ4n) is 2.83. The maximum Gasteiger partial charge on any atom is 0.0336 e. The first-order valence-corrected chi connectivity index (χ1v) is 7.92. The maximum atomic E-state index is 6.11. The van der Waals surface area contributed by atoms with Gasteiger partial charge in [-0.2, -0.15) is 0 Å². The average molecular weight is 266 g/mol. The molecule has 1 atom stereocenters. The largest absolute Gasteiger partial charge is 0.329 e. The summed E-state index contributed by atoms with van der Waals surface area (Å²) in [6.07, 6.45) is 4.06. The van der Waals surface area contributed by atoms with Crippen LogP contribution in [0, 0.1) is 5.92 Å². The molecule has 3 heteroatoms. The molecule has 0 spiro atoms. The van der Waals surface area contributed by atoms with Crippen LogP contribution in [-0.4, -0.2) is 23.0 Å². The van der Waals surface area contributed by atoms with Crippen molar-refractivity contribution >= 4 is 11.3 Å². The van der Waals surface area contributed by atoms with E-state index in [0.717, 1.165) is 19.0 Å². The molecule has 1 saturated carbocycles. The second-order valence-electron chi connectivity index (χ2n) is 6.15. The van der Waals surface area contributed by atoms with Crippen LogP contribution in [0.15, 0.2) is 17.5 Å². The number of thiophene rings is 1. The molecule has 0 radical (unpaired) electrons. The molecule has 0 saturated heterocycles. The standard InChI is InChI=1S/C15H26N2S/c1-12(2)17(10-14-5-4-8-18-14)15(3,11-16)9-13-6-7-13/h4-5,8,12-13H,6-7,9-11,16H2,1-3H3. The van der Waals surface area contributed by atoms with Gasteiger partial charge in [0.2, 0.25) is 0 Å². The van der Waals surface area contributed by atoms with Crippen molar-refractivity contribution in [1.29, 1.82) is 0 Å². The molecule has 0 amide bonds. The lowest BCUT2D eigenvalue weighted by atomic mass is 9.91. The summed E-state index contributed by atoms with van der Waals surface area (Å²) in [4.78, 5) is 4.04. The third-order valence-electron chi connectivity index (χ3n) is 4.09. The van der Waals surface area contributed by atoms with E-state index < -0.39 is 0 Å². The zero-order valence-electron chi connectivity index (χ0n) is 11.9. The highest BCUT2D eigenvalue weighted by Crippen LogP contribution is 2.39. The van der Waals surface area contributed by atoms with E-state index in [1.807, 2.05) is 11.3 Å². The Morgan fingerprint density at radius 1 is 1.50 bits per heavy atom. The molecule has 1 aliphatic rings. The van der Waals surface area contributed by atoms with Gasteiger partial charge in [0.05, 0.1) is 0 Å². The van der Waals surface area contributed by atoms with Crippen LogP contribution in [0.4, 0.5) is 0 Å². The molecule has 2 nitrogen and oxygen atoms in total. The van der Waals surface area contributed by atoms with E-state index in [2.05, 4.69) is 43.2 Å². The smallest absolute Gasteiger partial charge is 0.0336 e. The molecular weight excluding hydrogens is 240 g/mol. The Kier molecular flexibility index (Phi) is 4.46. The van der Waals surface area contributed by atoms with E-state index in [9.17, 15) is 0 Å². The predicted molar refractivity (Wildman–Crippen MR) is 79.8 cm³/mol. The van der Waals surface area contributed by atoms with E-state index in [1.165, 1.54) is 24.1 Å². The highest BCUT2D eigenvalue weighted by molar-refractivity contribution is 7.09. The summed E-state index contributed by atoms with van der Waals surface area (Å²) in [5.41, 5.74) is 6.26. The third kappa shape index (κ3) is 3.34. The number of hydrogen-bond donors (Lipinski definition) is 1. The highest BCUT2D eigenvalue weighted by atomic mass is 32.1. The zero-order chi connectivity index (χ0) is 13.2. The average Bonchev–Trinajstić information content (AvgIpc) is 2.98. The van der Waals surface area contributed by atoms with Gasteiger partial charge in [-0.25, -0.2) is 0 Å². The lowest BCUT2D eigenvalue weighted by Gasteiger charge is -2.43. The van der Waals surface area contributed by atoms with Crippen LogP contribution in [0.25, 0.3) is 0 Å². The van der Waals surface area contributed by atoms with Gasteiger partial charge in [0.15, 0.2) is 0 Å². The summed E-state index contributed by atoms with van der Waals surface area (Å²) in [7, 11) is 0. The molecule has 1 fully saturated rings. The molecule has 2 rings (SSSR count). The van der Waals surface area contributed by atoms with Crippen LogP contribution in [0.2, 0.25) is 0 Å². The fraction of sp³-hybridized carbons (Fsp3) is 0.733. The Bertz CT molecular complexity index is 357. The molecule has 0 aromatic carbocycles. The minimum absolute atomic E-state index is 0.152. The molecule has 1 unspecified atom stereocenters. The van der Waals surface area contributed by atoms with Gasteiger partial charge >= 0.3 is 0 Å². The van der Waals surface area contributed by atoms with Gasteiger partial charge < -0.3 is 5.73 Å². The molecule has 2 N–H and O–H groups in total. The fourth-order valence-corrected chi connectivity index (χ4v) is 3.53. The van der Waals surface area contributed by atoms with Gasteiger partial charge in [-0.1, -0.05) is 18.9 Å². The van der Waals surface area contributed by atoms with Crippen molar-refractivity contribution in [3.8, 4) is 0 Å². The van der Waals surface area contributed by atoms with Gasteiger partial charge in [0, 0.05) is 29.5 Å². The maximum absolute atomic E-state index is 6.11. The van der Waals surface area contributed by atoms with Crippen LogP contribution in [0.1, 0.15) is 44.9 Å². The van der Waals surface area contributed by atoms with Gasteiger partial charge in [0.1, 0.15) is 0 Å². The molecular formula is C15H26N2S. The number of hydrogen-bond acceptors (Lipinski definition) is 3.